The van der Waals surface area contributed by atoms with Crippen molar-refractivity contribution in [3.63, 3.8) is 0 Å². The number of ether oxygens (including phenoxy) is 1. The lowest BCUT2D eigenvalue weighted by Crippen LogP contribution is -2.39. The minimum absolute atomic E-state index is 0.0519. The van der Waals surface area contributed by atoms with Gasteiger partial charge in [-0.3, -0.25) is 9.59 Å². The zero-order chi connectivity index (χ0) is 21.5. The largest absolute Gasteiger partial charge is 0.484 e. The number of carbonyl (C=O) groups is 2. The predicted molar refractivity (Wildman–Crippen MR) is 117 cm³/mol. The van der Waals surface area contributed by atoms with Crippen LogP contribution < -0.4 is 10.1 Å². The van der Waals surface area contributed by atoms with Crippen LogP contribution in [0.3, 0.4) is 0 Å². The van der Waals surface area contributed by atoms with Crippen LogP contribution in [0.15, 0.2) is 48.5 Å². The topological polar surface area (TPSA) is 78.9 Å². The molecule has 6 nitrogen and oxygen atoms in total. The fourth-order valence-corrected chi connectivity index (χ4v) is 3.53. The van der Waals surface area contributed by atoms with Gasteiger partial charge in [0.15, 0.2) is 6.61 Å². The minimum Gasteiger partial charge on any atom is -0.484 e. The fourth-order valence-electron chi connectivity index (χ4n) is 3.53. The molecule has 2 aromatic carbocycles. The van der Waals surface area contributed by atoms with Crippen LogP contribution in [0.25, 0.3) is 0 Å². The van der Waals surface area contributed by atoms with E-state index in [4.69, 9.17) is 4.74 Å². The highest BCUT2D eigenvalue weighted by Crippen LogP contribution is 2.21. The van der Waals surface area contributed by atoms with Crippen LogP contribution >= 0.6 is 0 Å². The standard InChI is InChI=1S/C24H30N2O4/c1-17(2)19-6-8-22(9-7-19)30-16-23(28)25-21-5-3-4-20(14-21)24(29)26-12-10-18(15-27)11-13-26/h3-9,14,17-18,27H,10-13,15-16H2,1-2H3,(H,25,28). The van der Waals surface area contributed by atoms with E-state index >= 15 is 0 Å². The van der Waals surface area contributed by atoms with Crippen LogP contribution in [0.4, 0.5) is 5.69 Å². The first-order chi connectivity index (χ1) is 14.5. The van der Waals surface area contributed by atoms with E-state index in [0.29, 0.717) is 36.0 Å². The number of nitrogens with zero attached hydrogens (tertiary/aromatic N) is 1. The Balaban J connectivity index is 1.53. The number of amides is 2. The molecule has 1 heterocycles. The Morgan fingerprint density at radius 1 is 1.13 bits per heavy atom. The van der Waals surface area contributed by atoms with Crippen LogP contribution in [0.5, 0.6) is 5.75 Å². The maximum absolute atomic E-state index is 12.7. The molecule has 0 aromatic heterocycles. The smallest absolute Gasteiger partial charge is 0.262 e. The first-order valence-electron chi connectivity index (χ1n) is 10.5. The third-order valence-corrected chi connectivity index (χ3v) is 5.47. The van der Waals surface area contributed by atoms with Gasteiger partial charge in [0.2, 0.25) is 0 Å². The highest BCUT2D eigenvalue weighted by Gasteiger charge is 2.23. The zero-order valence-electron chi connectivity index (χ0n) is 17.6. The monoisotopic (exact) mass is 410 g/mol. The summed E-state index contributed by atoms with van der Waals surface area (Å²) in [6.07, 6.45) is 1.63. The second kappa shape index (κ2) is 10.3. The van der Waals surface area contributed by atoms with Crippen molar-refractivity contribution >= 4 is 17.5 Å². The van der Waals surface area contributed by atoms with Gasteiger partial charge in [0.25, 0.3) is 11.8 Å². The van der Waals surface area contributed by atoms with Gasteiger partial charge in [-0.05, 0) is 60.6 Å². The summed E-state index contributed by atoms with van der Waals surface area (Å²) in [5, 5.41) is 12.0. The molecule has 0 atom stereocenters. The Hall–Kier alpha value is -2.86. The average Bonchev–Trinajstić information content (AvgIpc) is 2.77. The van der Waals surface area contributed by atoms with Crippen molar-refractivity contribution in [2.75, 3.05) is 31.6 Å². The van der Waals surface area contributed by atoms with E-state index in [1.807, 2.05) is 24.3 Å². The Labute approximate surface area is 177 Å². The van der Waals surface area contributed by atoms with Crippen molar-refractivity contribution in [2.45, 2.75) is 32.6 Å². The van der Waals surface area contributed by atoms with E-state index in [9.17, 15) is 14.7 Å². The molecule has 2 aromatic rings. The summed E-state index contributed by atoms with van der Waals surface area (Å²) in [6, 6.07) is 14.7. The summed E-state index contributed by atoms with van der Waals surface area (Å²) in [5.41, 5.74) is 2.32. The first kappa shape index (κ1) is 21.8. The summed E-state index contributed by atoms with van der Waals surface area (Å²) < 4.78 is 5.56. The number of piperidine rings is 1. The van der Waals surface area contributed by atoms with E-state index in [0.717, 1.165) is 12.8 Å². The molecule has 0 radical (unpaired) electrons. The van der Waals surface area contributed by atoms with Crippen LogP contribution in [0, 0.1) is 5.92 Å². The third-order valence-electron chi connectivity index (χ3n) is 5.47. The van der Waals surface area contributed by atoms with Gasteiger partial charge in [-0.25, -0.2) is 0 Å². The molecule has 160 valence electrons. The number of aliphatic hydroxyl groups excluding tert-OH is 1. The lowest BCUT2D eigenvalue weighted by molar-refractivity contribution is -0.118. The van der Waals surface area contributed by atoms with Crippen molar-refractivity contribution in [1.82, 2.24) is 4.90 Å². The van der Waals surface area contributed by atoms with Gasteiger partial charge in [0, 0.05) is 30.9 Å². The molecule has 0 aliphatic carbocycles. The van der Waals surface area contributed by atoms with Gasteiger partial charge in [0.05, 0.1) is 0 Å². The maximum atomic E-state index is 12.7. The summed E-state index contributed by atoms with van der Waals surface area (Å²) in [5.74, 6) is 1.03. The van der Waals surface area contributed by atoms with Crippen molar-refractivity contribution in [3.05, 3.63) is 59.7 Å². The highest BCUT2D eigenvalue weighted by atomic mass is 16.5. The van der Waals surface area contributed by atoms with E-state index in [-0.39, 0.29) is 30.9 Å². The number of nitrogens with one attached hydrogen (secondary N) is 1. The average molecular weight is 411 g/mol. The van der Waals surface area contributed by atoms with E-state index in [1.165, 1.54) is 5.56 Å². The Morgan fingerprint density at radius 2 is 1.83 bits per heavy atom. The Kier molecular flexibility index (Phi) is 7.46. The van der Waals surface area contributed by atoms with Crippen LogP contribution in [-0.4, -0.2) is 48.1 Å². The van der Waals surface area contributed by atoms with Gasteiger partial charge in [-0.15, -0.1) is 0 Å². The van der Waals surface area contributed by atoms with Gasteiger partial charge < -0.3 is 20.1 Å². The molecule has 30 heavy (non-hydrogen) atoms. The molecule has 0 bridgehead atoms. The lowest BCUT2D eigenvalue weighted by atomic mass is 9.97. The molecular formula is C24H30N2O4. The van der Waals surface area contributed by atoms with Gasteiger partial charge in [0.1, 0.15) is 5.75 Å². The lowest BCUT2D eigenvalue weighted by Gasteiger charge is -2.31. The van der Waals surface area contributed by atoms with E-state index in [2.05, 4.69) is 19.2 Å². The molecule has 1 saturated heterocycles. The number of carbonyl (C=O) groups excluding carboxylic acids is 2. The number of rotatable bonds is 7. The summed E-state index contributed by atoms with van der Waals surface area (Å²) in [4.78, 5) is 26.8. The number of hydrogen-bond donors (Lipinski definition) is 2. The molecule has 2 N–H and O–H groups in total. The molecule has 1 aliphatic heterocycles. The minimum atomic E-state index is -0.281. The van der Waals surface area contributed by atoms with Crippen LogP contribution in [0.2, 0.25) is 0 Å². The summed E-state index contributed by atoms with van der Waals surface area (Å²) in [6.45, 7) is 5.61. The third kappa shape index (κ3) is 5.83. The van der Waals surface area contributed by atoms with Crippen LogP contribution in [0.1, 0.15) is 48.5 Å². The van der Waals surface area contributed by atoms with E-state index < -0.39 is 0 Å². The number of benzene rings is 2. The predicted octanol–water partition coefficient (Wildman–Crippen LogP) is 3.67. The van der Waals surface area contributed by atoms with Gasteiger partial charge in [-0.2, -0.15) is 0 Å². The molecule has 1 aliphatic rings. The van der Waals surface area contributed by atoms with Gasteiger partial charge in [-0.1, -0.05) is 32.0 Å². The normalized spacial score (nSPS) is 14.6. The highest BCUT2D eigenvalue weighted by molar-refractivity contribution is 5.97. The number of hydrogen-bond acceptors (Lipinski definition) is 4. The summed E-state index contributed by atoms with van der Waals surface area (Å²) in [7, 11) is 0. The van der Waals surface area contributed by atoms with Crippen molar-refractivity contribution in [2.24, 2.45) is 5.92 Å². The number of likely N-dealkylation sites (tertiary alicyclic amines) is 1. The summed E-state index contributed by atoms with van der Waals surface area (Å²) >= 11 is 0. The molecule has 1 fully saturated rings. The molecule has 2 amide bonds. The molecular weight excluding hydrogens is 380 g/mol. The van der Waals surface area contributed by atoms with Crippen LogP contribution in [-0.2, 0) is 4.79 Å². The fraction of sp³-hybridized carbons (Fsp3) is 0.417. The Morgan fingerprint density at radius 3 is 2.47 bits per heavy atom. The molecule has 0 unspecified atom stereocenters. The molecule has 6 heteroatoms. The second-order valence-electron chi connectivity index (χ2n) is 8.06. The molecule has 0 spiro atoms. The Bertz CT molecular complexity index is 856. The molecule has 0 saturated carbocycles. The quantitative estimate of drug-likeness (QED) is 0.730. The zero-order valence-corrected chi connectivity index (χ0v) is 17.6. The van der Waals surface area contributed by atoms with Crippen molar-refractivity contribution in [3.8, 4) is 5.75 Å². The molecule has 3 rings (SSSR count). The first-order valence-corrected chi connectivity index (χ1v) is 10.5. The van der Waals surface area contributed by atoms with Gasteiger partial charge >= 0.3 is 0 Å². The van der Waals surface area contributed by atoms with E-state index in [1.54, 1.807) is 29.2 Å². The van der Waals surface area contributed by atoms with Crippen molar-refractivity contribution < 1.29 is 19.4 Å². The number of anilines is 1. The maximum Gasteiger partial charge on any atom is 0.262 e. The SMILES string of the molecule is CC(C)c1ccc(OCC(=O)Nc2cccc(C(=O)N3CCC(CO)CC3)c2)cc1. The van der Waals surface area contributed by atoms with Crippen molar-refractivity contribution in [1.29, 1.82) is 0 Å². The second-order valence-corrected chi connectivity index (χ2v) is 8.06. The number of aliphatic hydroxyl groups is 1.